The van der Waals surface area contributed by atoms with Crippen LogP contribution in [0.25, 0.3) is 0 Å². The van der Waals surface area contributed by atoms with Crippen molar-refractivity contribution in [1.29, 1.82) is 0 Å². The molecule has 1 aromatic carbocycles. The van der Waals surface area contributed by atoms with Crippen molar-refractivity contribution in [3.05, 3.63) is 28.2 Å². The first-order valence-corrected chi connectivity index (χ1v) is 9.46. The van der Waals surface area contributed by atoms with Crippen molar-refractivity contribution in [1.82, 2.24) is 16.2 Å². The maximum atomic E-state index is 11.8. The average Bonchev–Trinajstić information content (AvgIpc) is 2.59. The lowest BCUT2D eigenvalue weighted by Gasteiger charge is -2.12. The van der Waals surface area contributed by atoms with Gasteiger partial charge in [-0.05, 0) is 58.7 Å². The number of thiocarbonyl (C=S) groups is 1. The highest BCUT2D eigenvalue weighted by atomic mass is 79.9. The number of aryl methyl sites for hydroxylation is 1. The summed E-state index contributed by atoms with van der Waals surface area (Å²) >= 11 is 8.36. The van der Waals surface area contributed by atoms with Crippen molar-refractivity contribution in [3.8, 4) is 5.75 Å². The van der Waals surface area contributed by atoms with Gasteiger partial charge >= 0.3 is 0 Å². The van der Waals surface area contributed by atoms with Crippen LogP contribution >= 0.6 is 28.1 Å². The van der Waals surface area contributed by atoms with Crippen LogP contribution < -0.4 is 20.9 Å². The molecule has 0 aliphatic carbocycles. The second-order valence-electron chi connectivity index (χ2n) is 5.41. The van der Waals surface area contributed by atoms with Gasteiger partial charge in [-0.3, -0.25) is 20.4 Å². The summed E-state index contributed by atoms with van der Waals surface area (Å²) in [4.78, 5) is 23.4. The van der Waals surface area contributed by atoms with Gasteiger partial charge < -0.3 is 10.1 Å². The van der Waals surface area contributed by atoms with E-state index in [1.807, 2.05) is 18.2 Å². The number of hydrogen-bond acceptors (Lipinski definition) is 4. The molecule has 3 N–H and O–H groups in total. The third-order valence-corrected chi connectivity index (χ3v) is 4.16. The number of halogens is 1. The molecule has 8 heteroatoms. The molecular formula is C17H24BrN3O3S. The van der Waals surface area contributed by atoms with E-state index in [2.05, 4.69) is 45.9 Å². The fourth-order valence-corrected chi connectivity index (χ4v) is 2.65. The van der Waals surface area contributed by atoms with E-state index < -0.39 is 5.91 Å². The van der Waals surface area contributed by atoms with Crippen LogP contribution in [0.15, 0.2) is 22.7 Å². The Labute approximate surface area is 162 Å². The lowest BCUT2D eigenvalue weighted by atomic mass is 10.2. The van der Waals surface area contributed by atoms with Crippen LogP contribution in [0.5, 0.6) is 5.75 Å². The van der Waals surface area contributed by atoms with Crippen LogP contribution in [-0.2, 0) is 16.0 Å². The van der Waals surface area contributed by atoms with Gasteiger partial charge in [-0.15, -0.1) is 0 Å². The molecule has 138 valence electrons. The van der Waals surface area contributed by atoms with Crippen LogP contribution in [0.3, 0.4) is 0 Å². The second kappa shape index (κ2) is 11.8. The van der Waals surface area contributed by atoms with Gasteiger partial charge in [0.1, 0.15) is 5.75 Å². The number of benzene rings is 1. The standard InChI is InChI=1S/C17H24BrN3O3S/c1-3-5-6-7-15(22)19-17(25)21-20-16(23)11-24-14-9-8-12(4-2)10-13(14)18/h8-10H,3-7,11H2,1-2H3,(H,20,23)(H2,19,21,22,25). The topological polar surface area (TPSA) is 79.5 Å². The normalized spacial score (nSPS) is 10.0. The van der Waals surface area contributed by atoms with Crippen LogP contribution in [0.1, 0.15) is 45.1 Å². The Morgan fingerprint density at radius 2 is 1.92 bits per heavy atom. The molecular weight excluding hydrogens is 406 g/mol. The summed E-state index contributed by atoms with van der Waals surface area (Å²) in [5, 5.41) is 2.57. The minimum Gasteiger partial charge on any atom is -0.483 e. The van der Waals surface area contributed by atoms with Gasteiger partial charge in [-0.25, -0.2) is 0 Å². The molecule has 0 aliphatic heterocycles. The molecule has 0 radical (unpaired) electrons. The summed E-state index contributed by atoms with van der Waals surface area (Å²) in [6, 6.07) is 5.71. The van der Waals surface area contributed by atoms with Crippen molar-refractivity contribution < 1.29 is 14.3 Å². The van der Waals surface area contributed by atoms with Crippen molar-refractivity contribution in [2.45, 2.75) is 46.0 Å². The number of carbonyl (C=O) groups is 2. The van der Waals surface area contributed by atoms with Gasteiger partial charge in [0, 0.05) is 6.42 Å². The number of ether oxygens (including phenoxy) is 1. The second-order valence-corrected chi connectivity index (χ2v) is 6.68. The van der Waals surface area contributed by atoms with Gasteiger partial charge in [0.25, 0.3) is 5.91 Å². The van der Waals surface area contributed by atoms with Gasteiger partial charge in [0.05, 0.1) is 4.47 Å². The summed E-state index contributed by atoms with van der Waals surface area (Å²) in [6.07, 6.45) is 4.19. The predicted molar refractivity (Wildman–Crippen MR) is 105 cm³/mol. The van der Waals surface area contributed by atoms with Crippen molar-refractivity contribution in [2.75, 3.05) is 6.61 Å². The van der Waals surface area contributed by atoms with E-state index in [1.165, 1.54) is 5.56 Å². The average molecular weight is 430 g/mol. The van der Waals surface area contributed by atoms with E-state index in [0.717, 1.165) is 30.2 Å². The largest absolute Gasteiger partial charge is 0.483 e. The number of hydrazine groups is 1. The predicted octanol–water partition coefficient (Wildman–Crippen LogP) is 2.99. The van der Waals surface area contributed by atoms with Crippen molar-refractivity contribution in [2.24, 2.45) is 0 Å². The van der Waals surface area contributed by atoms with Gasteiger partial charge in [0.2, 0.25) is 5.91 Å². The molecule has 0 unspecified atom stereocenters. The third kappa shape index (κ3) is 8.83. The quantitative estimate of drug-likeness (QED) is 0.336. The number of carbonyl (C=O) groups excluding carboxylic acids is 2. The highest BCUT2D eigenvalue weighted by Crippen LogP contribution is 2.26. The Bertz CT molecular complexity index is 611. The molecule has 25 heavy (non-hydrogen) atoms. The van der Waals surface area contributed by atoms with Crippen molar-refractivity contribution in [3.63, 3.8) is 0 Å². The molecule has 0 bridgehead atoms. The van der Waals surface area contributed by atoms with Crippen LogP contribution in [0, 0.1) is 0 Å². The number of nitrogens with one attached hydrogen (secondary N) is 3. The van der Waals surface area contributed by atoms with E-state index >= 15 is 0 Å². The monoisotopic (exact) mass is 429 g/mol. The Kier molecular flexibility index (Phi) is 10.1. The van der Waals surface area contributed by atoms with E-state index in [-0.39, 0.29) is 17.6 Å². The zero-order valence-electron chi connectivity index (χ0n) is 14.5. The lowest BCUT2D eigenvalue weighted by Crippen LogP contribution is -2.49. The maximum absolute atomic E-state index is 11.8. The van der Waals surface area contributed by atoms with Gasteiger partial charge in [0.15, 0.2) is 11.7 Å². The molecule has 0 heterocycles. The fourth-order valence-electron chi connectivity index (χ4n) is 1.94. The fraction of sp³-hybridized carbons (Fsp3) is 0.471. The van der Waals surface area contributed by atoms with Crippen LogP contribution in [0.4, 0.5) is 0 Å². The molecule has 0 saturated heterocycles. The smallest absolute Gasteiger partial charge is 0.276 e. The molecule has 1 rings (SSSR count). The highest BCUT2D eigenvalue weighted by Gasteiger charge is 2.08. The van der Waals surface area contributed by atoms with Gasteiger partial charge in [-0.1, -0.05) is 32.8 Å². The summed E-state index contributed by atoms with van der Waals surface area (Å²) in [6.45, 7) is 3.95. The highest BCUT2D eigenvalue weighted by molar-refractivity contribution is 9.10. The minimum atomic E-state index is -0.408. The lowest BCUT2D eigenvalue weighted by molar-refractivity contribution is -0.124. The minimum absolute atomic E-state index is 0.0586. The SMILES string of the molecule is CCCCCC(=O)NC(=S)NNC(=O)COc1ccc(CC)cc1Br. The summed E-state index contributed by atoms with van der Waals surface area (Å²) in [7, 11) is 0. The number of rotatable bonds is 8. The number of amides is 2. The maximum Gasteiger partial charge on any atom is 0.276 e. The molecule has 0 saturated carbocycles. The first kappa shape index (κ1) is 21.4. The summed E-state index contributed by atoms with van der Waals surface area (Å²) in [5.74, 6) is 0.00426. The zero-order chi connectivity index (χ0) is 18.7. The molecule has 2 amide bonds. The van der Waals surface area contributed by atoms with E-state index in [9.17, 15) is 9.59 Å². The number of hydrogen-bond donors (Lipinski definition) is 3. The third-order valence-electron chi connectivity index (χ3n) is 3.34. The van der Waals surface area contributed by atoms with E-state index in [4.69, 9.17) is 17.0 Å². The first-order chi connectivity index (χ1) is 12.0. The molecule has 6 nitrogen and oxygen atoms in total. The van der Waals surface area contributed by atoms with Crippen molar-refractivity contribution >= 4 is 45.1 Å². The van der Waals surface area contributed by atoms with Crippen LogP contribution in [0.2, 0.25) is 0 Å². The van der Waals surface area contributed by atoms with E-state index in [0.29, 0.717) is 12.2 Å². The zero-order valence-corrected chi connectivity index (χ0v) is 16.9. The molecule has 1 aromatic rings. The number of unbranched alkanes of at least 4 members (excludes halogenated alkanes) is 2. The Morgan fingerprint density at radius 3 is 2.56 bits per heavy atom. The Balaban J connectivity index is 2.28. The Morgan fingerprint density at radius 1 is 1.16 bits per heavy atom. The summed E-state index contributed by atoms with van der Waals surface area (Å²) < 4.78 is 6.24. The molecule has 0 aromatic heterocycles. The first-order valence-electron chi connectivity index (χ1n) is 8.26. The summed E-state index contributed by atoms with van der Waals surface area (Å²) in [5.41, 5.74) is 6.03. The Hall–Kier alpha value is -1.67. The molecule has 0 spiro atoms. The molecule has 0 fully saturated rings. The molecule has 0 aliphatic rings. The van der Waals surface area contributed by atoms with Crippen LogP contribution in [-0.4, -0.2) is 23.5 Å². The van der Waals surface area contributed by atoms with Gasteiger partial charge in [-0.2, -0.15) is 0 Å². The van der Waals surface area contributed by atoms with E-state index in [1.54, 1.807) is 0 Å². The molecule has 0 atom stereocenters.